The molecule has 0 aliphatic carbocycles. The number of piperazine rings is 1. The Bertz CT molecular complexity index is 1500. The summed E-state index contributed by atoms with van der Waals surface area (Å²) in [6, 6.07) is 8.20. The SMILES string of the molecule is Cn1ncc(N2CCN(C(=O)c3cc4nc(-c5ccc(Cl)c(F)c5)cc(C(C)(C)C)c4o3)C(C)(C)C2)n1. The molecule has 8 nitrogen and oxygen atoms in total. The molecule has 0 unspecified atom stereocenters. The minimum Gasteiger partial charge on any atom is -0.449 e. The van der Waals surface area contributed by atoms with Crippen LogP contribution in [0.4, 0.5) is 10.2 Å². The maximum atomic E-state index is 14.2. The molecule has 0 N–H and O–H groups in total. The highest BCUT2D eigenvalue weighted by atomic mass is 35.5. The number of benzene rings is 1. The highest BCUT2D eigenvalue weighted by Crippen LogP contribution is 2.36. The molecule has 0 atom stereocenters. The van der Waals surface area contributed by atoms with Gasteiger partial charge in [-0.05, 0) is 37.5 Å². The van der Waals surface area contributed by atoms with Gasteiger partial charge < -0.3 is 14.2 Å². The van der Waals surface area contributed by atoms with Crippen molar-refractivity contribution in [1.82, 2.24) is 24.9 Å². The molecule has 1 aliphatic rings. The number of aryl methyl sites for hydroxylation is 1. The third-order valence-corrected chi connectivity index (χ3v) is 7.08. The summed E-state index contributed by atoms with van der Waals surface area (Å²) < 4.78 is 20.4. The van der Waals surface area contributed by atoms with Crippen LogP contribution in [0, 0.1) is 5.82 Å². The Hall–Kier alpha value is -3.46. The molecule has 10 heteroatoms. The van der Waals surface area contributed by atoms with Crippen molar-refractivity contribution in [2.75, 3.05) is 24.5 Å². The van der Waals surface area contributed by atoms with Gasteiger partial charge in [0.1, 0.15) is 11.3 Å². The molecule has 1 aliphatic heterocycles. The predicted octanol–water partition coefficient (Wildman–Crippen LogP) is 5.45. The Kier molecular flexibility index (Phi) is 6.02. The van der Waals surface area contributed by atoms with Crippen LogP contribution in [-0.2, 0) is 12.5 Å². The molecular formula is C27H30ClFN6O2. The first-order valence-corrected chi connectivity index (χ1v) is 12.5. The van der Waals surface area contributed by atoms with E-state index in [1.165, 1.54) is 16.9 Å². The predicted molar refractivity (Wildman–Crippen MR) is 141 cm³/mol. The van der Waals surface area contributed by atoms with Crippen LogP contribution in [0.1, 0.15) is 50.7 Å². The number of rotatable bonds is 3. The van der Waals surface area contributed by atoms with Crippen LogP contribution < -0.4 is 4.90 Å². The van der Waals surface area contributed by atoms with Crippen molar-refractivity contribution < 1.29 is 13.6 Å². The summed E-state index contributed by atoms with van der Waals surface area (Å²) >= 11 is 5.88. The van der Waals surface area contributed by atoms with Crippen molar-refractivity contribution in [3.8, 4) is 11.3 Å². The molecule has 4 aromatic rings. The number of nitrogens with zero attached hydrogens (tertiary/aromatic N) is 6. The molecule has 0 radical (unpaired) electrons. The molecule has 1 aromatic carbocycles. The number of carbonyl (C=O) groups is 1. The van der Waals surface area contributed by atoms with Crippen LogP contribution in [0.25, 0.3) is 22.4 Å². The van der Waals surface area contributed by atoms with E-state index < -0.39 is 11.4 Å². The van der Waals surface area contributed by atoms with Gasteiger partial charge in [0, 0.05) is 43.9 Å². The van der Waals surface area contributed by atoms with Crippen molar-refractivity contribution in [3.63, 3.8) is 0 Å². The number of carbonyl (C=O) groups excluding carboxylic acids is 1. The summed E-state index contributed by atoms with van der Waals surface area (Å²) in [5.41, 5.74) is 2.41. The van der Waals surface area contributed by atoms with Gasteiger partial charge in [0.25, 0.3) is 5.91 Å². The van der Waals surface area contributed by atoms with Gasteiger partial charge in [-0.1, -0.05) is 38.4 Å². The zero-order valence-electron chi connectivity index (χ0n) is 21.8. The molecule has 4 heterocycles. The Labute approximate surface area is 220 Å². The van der Waals surface area contributed by atoms with Crippen LogP contribution >= 0.6 is 11.6 Å². The van der Waals surface area contributed by atoms with Crippen molar-refractivity contribution in [2.45, 2.75) is 45.6 Å². The molecule has 0 saturated carbocycles. The van der Waals surface area contributed by atoms with E-state index >= 15 is 0 Å². The Morgan fingerprint density at radius 1 is 1.16 bits per heavy atom. The van der Waals surface area contributed by atoms with Gasteiger partial charge >= 0.3 is 0 Å². The number of hydrogen-bond acceptors (Lipinski definition) is 6. The fourth-order valence-electron chi connectivity index (χ4n) is 4.83. The Morgan fingerprint density at radius 2 is 1.92 bits per heavy atom. The van der Waals surface area contributed by atoms with E-state index in [0.29, 0.717) is 42.0 Å². The zero-order valence-corrected chi connectivity index (χ0v) is 22.6. The molecule has 194 valence electrons. The average Bonchev–Trinajstić information content (AvgIpc) is 3.44. The van der Waals surface area contributed by atoms with Gasteiger partial charge in [-0.25, -0.2) is 9.37 Å². The molecule has 0 spiro atoms. The van der Waals surface area contributed by atoms with Gasteiger partial charge in [-0.3, -0.25) is 4.79 Å². The fraction of sp³-hybridized carbons (Fsp3) is 0.407. The average molecular weight is 525 g/mol. The van der Waals surface area contributed by atoms with E-state index in [2.05, 4.69) is 35.9 Å². The topological polar surface area (TPSA) is 80.3 Å². The maximum Gasteiger partial charge on any atom is 0.290 e. The van der Waals surface area contributed by atoms with Gasteiger partial charge in [-0.15, -0.1) is 5.10 Å². The van der Waals surface area contributed by atoms with Gasteiger partial charge in [0.15, 0.2) is 17.2 Å². The molecule has 37 heavy (non-hydrogen) atoms. The molecule has 1 saturated heterocycles. The molecule has 1 fully saturated rings. The standard InChI is InChI=1S/C27H30ClFN6O2/c1-26(2,3)17-12-20(16-7-8-18(28)19(29)11-16)31-21-13-22(37-24(17)21)25(36)35-10-9-34(15-27(35,4)5)23-14-30-33(6)32-23/h7-8,11-14H,9-10,15H2,1-6H3. The van der Waals surface area contributed by atoms with E-state index in [0.717, 1.165) is 11.4 Å². The van der Waals surface area contributed by atoms with Crippen LogP contribution in [0.2, 0.25) is 5.02 Å². The smallest absolute Gasteiger partial charge is 0.290 e. The number of halogens is 2. The maximum absolute atomic E-state index is 14.2. The quantitative estimate of drug-likeness (QED) is 0.354. The van der Waals surface area contributed by atoms with Crippen LogP contribution in [0.15, 0.2) is 40.9 Å². The second kappa shape index (κ2) is 8.83. The number of aromatic nitrogens is 4. The molecule has 5 rings (SSSR count). The Morgan fingerprint density at radius 3 is 2.54 bits per heavy atom. The van der Waals surface area contributed by atoms with Crippen LogP contribution in [0.5, 0.6) is 0 Å². The van der Waals surface area contributed by atoms with E-state index in [9.17, 15) is 9.18 Å². The number of furan rings is 1. The highest BCUT2D eigenvalue weighted by Gasteiger charge is 2.39. The number of anilines is 1. The molecule has 1 amide bonds. The van der Waals surface area contributed by atoms with E-state index in [4.69, 9.17) is 21.0 Å². The summed E-state index contributed by atoms with van der Waals surface area (Å²) in [6.45, 7) is 12.0. The first-order valence-electron chi connectivity index (χ1n) is 12.2. The zero-order chi connectivity index (χ0) is 26.7. The summed E-state index contributed by atoms with van der Waals surface area (Å²) in [4.78, 5) is 23.9. The normalized spacial score (nSPS) is 16.0. The van der Waals surface area contributed by atoms with Gasteiger partial charge in [-0.2, -0.15) is 9.90 Å². The second-order valence-corrected chi connectivity index (χ2v) is 11.5. The van der Waals surface area contributed by atoms with E-state index in [1.54, 1.807) is 25.4 Å². The summed E-state index contributed by atoms with van der Waals surface area (Å²) in [6.07, 6.45) is 1.73. The monoisotopic (exact) mass is 524 g/mol. The number of hydrogen-bond donors (Lipinski definition) is 0. The third-order valence-electron chi connectivity index (χ3n) is 6.77. The van der Waals surface area contributed by atoms with E-state index in [-0.39, 0.29) is 22.1 Å². The first-order chi connectivity index (χ1) is 17.3. The summed E-state index contributed by atoms with van der Waals surface area (Å²) in [7, 11) is 1.78. The fourth-order valence-corrected chi connectivity index (χ4v) is 4.94. The number of pyridine rings is 1. The lowest BCUT2D eigenvalue weighted by Gasteiger charge is -2.46. The minimum atomic E-state index is -0.510. The molecule has 3 aromatic heterocycles. The Balaban J connectivity index is 1.51. The lowest BCUT2D eigenvalue weighted by Crippen LogP contribution is -2.61. The lowest BCUT2D eigenvalue weighted by molar-refractivity contribution is 0.0483. The summed E-state index contributed by atoms with van der Waals surface area (Å²) in [5, 5.41) is 8.62. The second-order valence-electron chi connectivity index (χ2n) is 11.1. The largest absolute Gasteiger partial charge is 0.449 e. The van der Waals surface area contributed by atoms with Gasteiger partial charge in [0.2, 0.25) is 0 Å². The van der Waals surface area contributed by atoms with Crippen molar-refractivity contribution in [1.29, 1.82) is 0 Å². The molecular weight excluding hydrogens is 495 g/mol. The minimum absolute atomic E-state index is 0.0547. The van der Waals surface area contributed by atoms with Crippen LogP contribution in [0.3, 0.4) is 0 Å². The van der Waals surface area contributed by atoms with E-state index in [1.807, 2.05) is 24.8 Å². The highest BCUT2D eigenvalue weighted by molar-refractivity contribution is 6.30. The first kappa shape index (κ1) is 25.2. The van der Waals surface area contributed by atoms with Crippen molar-refractivity contribution in [3.05, 3.63) is 58.7 Å². The summed E-state index contributed by atoms with van der Waals surface area (Å²) in [5.74, 6) is 0.315. The third kappa shape index (κ3) is 4.68. The van der Waals surface area contributed by atoms with Crippen molar-refractivity contribution in [2.24, 2.45) is 7.05 Å². The lowest BCUT2D eigenvalue weighted by atomic mass is 9.86. The number of amides is 1. The molecule has 0 bridgehead atoms. The number of fused-ring (bicyclic) bond motifs is 1. The van der Waals surface area contributed by atoms with Crippen LogP contribution in [-0.4, -0.2) is 56.0 Å². The van der Waals surface area contributed by atoms with Gasteiger partial charge in [0.05, 0.1) is 22.5 Å². The van der Waals surface area contributed by atoms with Crippen molar-refractivity contribution >= 4 is 34.4 Å².